The number of carboxylic acid groups (broad SMARTS) is 2. The van der Waals surface area contributed by atoms with Gasteiger partial charge in [-0.1, -0.05) is 0 Å². The summed E-state index contributed by atoms with van der Waals surface area (Å²) >= 11 is 13.3. The van der Waals surface area contributed by atoms with Gasteiger partial charge in [0.05, 0.1) is 22.3 Å². The van der Waals surface area contributed by atoms with Gasteiger partial charge in [0.25, 0.3) is 11.8 Å². The van der Waals surface area contributed by atoms with Crippen LogP contribution in [0.3, 0.4) is 0 Å². The Morgan fingerprint density at radius 3 is 1.62 bits per heavy atom. The van der Waals surface area contributed by atoms with Gasteiger partial charge >= 0.3 is 11.9 Å². The molecule has 13 heteroatoms. The molecule has 0 radical (unpaired) electrons. The summed E-state index contributed by atoms with van der Waals surface area (Å²) in [5.41, 5.74) is -0.360. The van der Waals surface area contributed by atoms with Crippen LogP contribution < -0.4 is 5.32 Å². The molecule has 1 aliphatic rings. The number of carbonyl (C=O) groups is 5. The molecule has 2 aromatic rings. The number of hydrogen-bond acceptors (Lipinski definition) is 5. The molecule has 0 fully saturated rings. The van der Waals surface area contributed by atoms with E-state index in [0.29, 0.717) is 17.9 Å². The van der Waals surface area contributed by atoms with Crippen molar-refractivity contribution >= 4 is 99.1 Å². The number of imide groups is 1. The van der Waals surface area contributed by atoms with E-state index in [4.69, 9.17) is 10.2 Å². The van der Waals surface area contributed by atoms with Gasteiger partial charge in [0, 0.05) is 36.5 Å². The number of amides is 3. The average Bonchev–Trinajstić information content (AvgIpc) is 2.98. The van der Waals surface area contributed by atoms with E-state index in [-0.39, 0.29) is 40.9 Å². The van der Waals surface area contributed by atoms with Gasteiger partial charge in [-0.05, 0) is 81.9 Å². The van der Waals surface area contributed by atoms with Gasteiger partial charge in [0.2, 0.25) is 5.91 Å². The zero-order valence-electron chi connectivity index (χ0n) is 15.5. The molecule has 1 heterocycles. The highest BCUT2D eigenvalue weighted by molar-refractivity contribution is 9.15. The van der Waals surface area contributed by atoms with Gasteiger partial charge in [-0.25, -0.2) is 9.59 Å². The fourth-order valence-electron chi connectivity index (χ4n) is 2.98. The SMILES string of the molecule is O=C(CCN1C(=O)c2c(Br)c(Br)c(Br)c(Br)c2C1=O)Nc1cc(C(=O)O)cc(C(=O)O)c1. The van der Waals surface area contributed by atoms with E-state index in [2.05, 4.69) is 69.0 Å². The molecular formula is C19H10Br4N2O7. The number of carboxylic acids is 2. The molecule has 0 spiro atoms. The van der Waals surface area contributed by atoms with E-state index < -0.39 is 29.7 Å². The topological polar surface area (TPSA) is 141 Å². The zero-order chi connectivity index (χ0) is 23.9. The zero-order valence-corrected chi connectivity index (χ0v) is 21.9. The van der Waals surface area contributed by atoms with E-state index in [9.17, 15) is 24.0 Å². The maximum atomic E-state index is 12.8. The van der Waals surface area contributed by atoms with Crippen molar-refractivity contribution in [3.63, 3.8) is 0 Å². The van der Waals surface area contributed by atoms with Gasteiger partial charge in [0.1, 0.15) is 0 Å². The van der Waals surface area contributed by atoms with Crippen molar-refractivity contribution in [2.45, 2.75) is 6.42 Å². The lowest BCUT2D eigenvalue weighted by Crippen LogP contribution is -2.33. The molecule has 3 rings (SSSR count). The first-order valence-electron chi connectivity index (χ1n) is 8.57. The van der Waals surface area contributed by atoms with Crippen molar-refractivity contribution in [1.82, 2.24) is 4.90 Å². The molecule has 0 aliphatic carbocycles. The highest BCUT2D eigenvalue weighted by Gasteiger charge is 2.40. The minimum atomic E-state index is -1.36. The Labute approximate surface area is 213 Å². The standard InChI is InChI=1S/C19H10Br4N2O7/c20-12-10-11(13(21)15(23)14(12)22)17(28)25(16(10)27)2-1-9(26)24-8-4-6(18(29)30)3-7(5-8)19(31)32/h3-5H,1-2H2,(H,24,26)(H,29,30)(H,31,32). The Morgan fingerprint density at radius 1 is 0.781 bits per heavy atom. The lowest BCUT2D eigenvalue weighted by molar-refractivity contribution is -0.116. The number of benzene rings is 2. The molecular weight excluding hydrogens is 688 g/mol. The third-order valence-electron chi connectivity index (χ3n) is 4.46. The lowest BCUT2D eigenvalue weighted by atomic mass is 10.1. The number of halogens is 4. The molecule has 1 aliphatic heterocycles. The molecule has 0 atom stereocenters. The van der Waals surface area contributed by atoms with Crippen LogP contribution in [-0.4, -0.2) is 51.3 Å². The smallest absolute Gasteiger partial charge is 0.335 e. The van der Waals surface area contributed by atoms with Gasteiger partial charge in [-0.2, -0.15) is 0 Å². The summed E-state index contributed by atoms with van der Waals surface area (Å²) < 4.78 is 1.85. The second kappa shape index (κ2) is 9.41. The highest BCUT2D eigenvalue weighted by Crippen LogP contribution is 2.45. The van der Waals surface area contributed by atoms with Crippen molar-refractivity contribution in [2.24, 2.45) is 0 Å². The van der Waals surface area contributed by atoms with Crippen LogP contribution in [0.25, 0.3) is 0 Å². The Kier molecular flexibility index (Phi) is 7.22. The van der Waals surface area contributed by atoms with Crippen LogP contribution in [0.1, 0.15) is 47.9 Å². The third-order valence-corrected chi connectivity index (χ3v) is 9.23. The average molecular weight is 698 g/mol. The number of aromatic carboxylic acids is 2. The van der Waals surface area contributed by atoms with Gasteiger partial charge < -0.3 is 15.5 Å². The molecule has 32 heavy (non-hydrogen) atoms. The van der Waals surface area contributed by atoms with Crippen LogP contribution in [0.15, 0.2) is 36.1 Å². The summed E-state index contributed by atoms with van der Waals surface area (Å²) in [5, 5.41) is 20.6. The quantitative estimate of drug-likeness (QED) is 0.225. The number of hydrogen-bond donors (Lipinski definition) is 3. The number of nitrogens with one attached hydrogen (secondary N) is 1. The second-order valence-corrected chi connectivity index (χ2v) is 9.65. The minimum Gasteiger partial charge on any atom is -0.478 e. The highest BCUT2D eigenvalue weighted by atomic mass is 79.9. The van der Waals surface area contributed by atoms with Crippen molar-refractivity contribution in [1.29, 1.82) is 0 Å². The lowest BCUT2D eigenvalue weighted by Gasteiger charge is -2.14. The third kappa shape index (κ3) is 4.51. The summed E-state index contributed by atoms with van der Waals surface area (Å²) in [5.74, 6) is -4.52. The van der Waals surface area contributed by atoms with Crippen LogP contribution in [0, 0.1) is 0 Å². The molecule has 0 unspecified atom stereocenters. The molecule has 0 bridgehead atoms. The number of rotatable bonds is 6. The molecule has 3 N–H and O–H groups in total. The maximum Gasteiger partial charge on any atom is 0.335 e. The van der Waals surface area contributed by atoms with Crippen LogP contribution in [-0.2, 0) is 4.79 Å². The van der Waals surface area contributed by atoms with Gasteiger partial charge in [-0.15, -0.1) is 0 Å². The van der Waals surface area contributed by atoms with Crippen molar-refractivity contribution < 1.29 is 34.2 Å². The maximum absolute atomic E-state index is 12.8. The molecule has 0 saturated heterocycles. The van der Waals surface area contributed by atoms with Crippen LogP contribution >= 0.6 is 63.7 Å². The summed E-state index contributed by atoms with van der Waals surface area (Å²) in [6.07, 6.45) is -0.289. The second-order valence-electron chi connectivity index (χ2n) is 6.48. The van der Waals surface area contributed by atoms with Crippen molar-refractivity contribution in [2.75, 3.05) is 11.9 Å². The van der Waals surface area contributed by atoms with Crippen molar-refractivity contribution in [3.8, 4) is 0 Å². The monoisotopic (exact) mass is 694 g/mol. The van der Waals surface area contributed by atoms with Crippen LogP contribution in [0.2, 0.25) is 0 Å². The predicted molar refractivity (Wildman–Crippen MR) is 126 cm³/mol. The molecule has 2 aromatic carbocycles. The summed E-state index contributed by atoms with van der Waals surface area (Å²) in [4.78, 5) is 61.3. The van der Waals surface area contributed by atoms with E-state index >= 15 is 0 Å². The van der Waals surface area contributed by atoms with E-state index in [1.54, 1.807) is 0 Å². The van der Waals surface area contributed by atoms with Gasteiger partial charge in [0.15, 0.2) is 0 Å². The molecule has 166 valence electrons. The van der Waals surface area contributed by atoms with Crippen LogP contribution in [0.5, 0.6) is 0 Å². The molecule has 0 saturated carbocycles. The fraction of sp³-hybridized carbons (Fsp3) is 0.105. The van der Waals surface area contributed by atoms with E-state index in [1.807, 2.05) is 0 Å². The Balaban J connectivity index is 1.78. The van der Waals surface area contributed by atoms with E-state index in [1.165, 1.54) is 0 Å². The Hall–Kier alpha value is -2.09. The first kappa shape index (κ1) is 24.6. The number of carbonyl (C=O) groups excluding carboxylic acids is 3. The predicted octanol–water partition coefficient (Wildman–Crippen LogP) is 4.76. The largest absolute Gasteiger partial charge is 0.478 e. The summed E-state index contributed by atoms with van der Waals surface area (Å²) in [6.45, 7) is -0.239. The van der Waals surface area contributed by atoms with Gasteiger partial charge in [-0.3, -0.25) is 19.3 Å². The number of fused-ring (bicyclic) bond motifs is 1. The number of anilines is 1. The fourth-order valence-corrected chi connectivity index (χ4v) is 5.44. The van der Waals surface area contributed by atoms with Crippen LogP contribution in [0.4, 0.5) is 5.69 Å². The molecule has 3 amide bonds. The summed E-state index contributed by atoms with van der Waals surface area (Å²) in [7, 11) is 0. The Morgan fingerprint density at radius 2 is 1.22 bits per heavy atom. The van der Waals surface area contributed by atoms with E-state index in [0.717, 1.165) is 23.1 Å². The first-order valence-corrected chi connectivity index (χ1v) is 11.7. The normalized spacial score (nSPS) is 12.7. The number of nitrogens with zero attached hydrogens (tertiary/aromatic N) is 1. The first-order chi connectivity index (χ1) is 14.9. The minimum absolute atomic E-state index is 0.0342. The summed E-state index contributed by atoms with van der Waals surface area (Å²) in [6, 6.07) is 3.18. The molecule has 9 nitrogen and oxygen atoms in total. The Bertz CT molecular complexity index is 1150. The molecule has 0 aromatic heterocycles. The van der Waals surface area contributed by atoms with Crippen molar-refractivity contribution in [3.05, 3.63) is 58.3 Å².